The number of amides is 1. The Hall–Kier alpha value is -1.56. The van der Waals surface area contributed by atoms with Gasteiger partial charge in [-0.2, -0.15) is 0 Å². The molecule has 3 heterocycles. The monoisotopic (exact) mass is 309 g/mol. The molecule has 0 aromatic carbocycles. The number of halogens is 1. The van der Waals surface area contributed by atoms with Crippen molar-refractivity contribution in [1.82, 2.24) is 9.38 Å². The Morgan fingerprint density at radius 2 is 2.33 bits per heavy atom. The Kier molecular flexibility index (Phi) is 2.55. The van der Waals surface area contributed by atoms with Crippen molar-refractivity contribution < 1.29 is 9.90 Å². The molecule has 0 aliphatic carbocycles. The maximum Gasteiger partial charge on any atom is 0.413 e. The Labute approximate surface area is 112 Å². The number of rotatable bonds is 0. The van der Waals surface area contributed by atoms with Gasteiger partial charge in [0, 0.05) is 17.2 Å². The summed E-state index contributed by atoms with van der Waals surface area (Å²) in [5.74, 6) is 0.685. The molecule has 94 valence electrons. The summed E-state index contributed by atoms with van der Waals surface area (Å²) in [7, 11) is 0. The molecule has 3 rings (SSSR count). The number of pyridine rings is 1. The van der Waals surface area contributed by atoms with Crippen LogP contribution >= 0.6 is 15.9 Å². The van der Waals surface area contributed by atoms with Crippen molar-refractivity contribution in [2.45, 2.75) is 19.8 Å². The highest BCUT2D eigenvalue weighted by atomic mass is 79.9. The Balaban J connectivity index is 2.30. The van der Waals surface area contributed by atoms with Gasteiger partial charge in [0.05, 0.1) is 5.69 Å². The van der Waals surface area contributed by atoms with E-state index in [9.17, 15) is 9.90 Å². The zero-order chi connectivity index (χ0) is 12.9. The van der Waals surface area contributed by atoms with Crippen molar-refractivity contribution in [2.75, 3.05) is 11.4 Å². The van der Waals surface area contributed by atoms with Crippen LogP contribution in [-0.2, 0) is 6.42 Å². The normalized spacial score (nSPS) is 14.9. The molecule has 6 heteroatoms. The minimum atomic E-state index is -0.922. The van der Waals surface area contributed by atoms with Crippen LogP contribution in [0.25, 0.3) is 5.65 Å². The van der Waals surface area contributed by atoms with Crippen molar-refractivity contribution in [3.05, 3.63) is 28.0 Å². The highest BCUT2D eigenvalue weighted by Gasteiger charge is 2.27. The lowest BCUT2D eigenvalue weighted by atomic mass is 10.1. The molecule has 18 heavy (non-hydrogen) atoms. The second-order valence-corrected chi connectivity index (χ2v) is 5.31. The topological polar surface area (TPSA) is 57.8 Å². The molecule has 1 aliphatic heterocycles. The maximum atomic E-state index is 11.3. The van der Waals surface area contributed by atoms with E-state index in [2.05, 4.69) is 20.9 Å². The summed E-state index contributed by atoms with van der Waals surface area (Å²) in [6.07, 6.45) is 2.62. The second kappa shape index (κ2) is 3.98. The number of fused-ring (bicyclic) bond motifs is 3. The van der Waals surface area contributed by atoms with Crippen LogP contribution in [0.5, 0.6) is 0 Å². The SMILES string of the molecule is Cc1cc2nc3c(n2cc1Br)N(C(=O)O)CCC3. The van der Waals surface area contributed by atoms with E-state index in [0.717, 1.165) is 34.2 Å². The first kappa shape index (κ1) is 11.5. The molecule has 0 fully saturated rings. The summed E-state index contributed by atoms with van der Waals surface area (Å²) in [6.45, 7) is 2.52. The van der Waals surface area contributed by atoms with Crippen molar-refractivity contribution in [1.29, 1.82) is 0 Å². The summed E-state index contributed by atoms with van der Waals surface area (Å²) >= 11 is 3.47. The standard InChI is InChI=1S/C12H12BrN3O2/c1-7-5-10-14-9-3-2-4-15(12(17)18)11(9)16(10)6-8(7)13/h5-6H,2-4H2,1H3,(H,17,18). The van der Waals surface area contributed by atoms with Gasteiger partial charge in [-0.1, -0.05) is 0 Å². The molecule has 0 saturated heterocycles. The summed E-state index contributed by atoms with van der Waals surface area (Å²) in [4.78, 5) is 17.2. The molecule has 0 bridgehead atoms. The van der Waals surface area contributed by atoms with Gasteiger partial charge in [0.15, 0.2) is 0 Å². The minimum absolute atomic E-state index is 0.529. The summed E-state index contributed by atoms with van der Waals surface area (Å²) in [5.41, 5.74) is 2.75. The number of aryl methyl sites for hydroxylation is 2. The van der Waals surface area contributed by atoms with Gasteiger partial charge in [0.1, 0.15) is 11.5 Å². The summed E-state index contributed by atoms with van der Waals surface area (Å²) < 4.78 is 2.80. The second-order valence-electron chi connectivity index (χ2n) is 4.45. The number of hydrogen-bond acceptors (Lipinski definition) is 2. The Bertz CT molecular complexity index is 650. The molecular weight excluding hydrogens is 298 g/mol. The summed E-state index contributed by atoms with van der Waals surface area (Å²) in [5, 5.41) is 9.26. The van der Waals surface area contributed by atoms with E-state index in [1.165, 1.54) is 4.90 Å². The quantitative estimate of drug-likeness (QED) is 0.814. The van der Waals surface area contributed by atoms with Gasteiger partial charge in [-0.25, -0.2) is 9.78 Å². The van der Waals surface area contributed by atoms with Crippen molar-refractivity contribution >= 4 is 33.5 Å². The average Bonchev–Trinajstić information content (AvgIpc) is 2.67. The summed E-state index contributed by atoms with van der Waals surface area (Å²) in [6, 6.07) is 1.96. The van der Waals surface area contributed by atoms with Crippen LogP contribution in [0.4, 0.5) is 10.6 Å². The van der Waals surface area contributed by atoms with E-state index < -0.39 is 6.09 Å². The number of aromatic nitrogens is 2. The number of nitrogens with zero attached hydrogens (tertiary/aromatic N) is 3. The highest BCUT2D eigenvalue weighted by molar-refractivity contribution is 9.10. The van der Waals surface area contributed by atoms with Gasteiger partial charge in [0.25, 0.3) is 0 Å². The molecule has 0 radical (unpaired) electrons. The molecule has 0 atom stereocenters. The number of hydrogen-bond donors (Lipinski definition) is 1. The van der Waals surface area contributed by atoms with Gasteiger partial charge in [-0.05, 0) is 47.3 Å². The van der Waals surface area contributed by atoms with E-state index in [1.807, 2.05) is 23.6 Å². The number of carbonyl (C=O) groups is 1. The van der Waals surface area contributed by atoms with Gasteiger partial charge in [-0.15, -0.1) is 0 Å². The molecule has 5 nitrogen and oxygen atoms in total. The number of imidazole rings is 1. The van der Waals surface area contributed by atoms with Crippen LogP contribution in [0.15, 0.2) is 16.7 Å². The maximum absolute atomic E-state index is 11.3. The number of carboxylic acid groups (broad SMARTS) is 1. The first-order chi connectivity index (χ1) is 8.58. The van der Waals surface area contributed by atoms with Crippen LogP contribution in [-0.4, -0.2) is 27.1 Å². The molecule has 0 spiro atoms. The minimum Gasteiger partial charge on any atom is -0.465 e. The lowest BCUT2D eigenvalue weighted by Crippen LogP contribution is -2.34. The average molecular weight is 310 g/mol. The lowest BCUT2D eigenvalue weighted by Gasteiger charge is -2.23. The van der Waals surface area contributed by atoms with Crippen LogP contribution in [0.3, 0.4) is 0 Å². The van der Waals surface area contributed by atoms with E-state index in [-0.39, 0.29) is 0 Å². The van der Waals surface area contributed by atoms with Gasteiger partial charge < -0.3 is 5.11 Å². The predicted octanol–water partition coefficient (Wildman–Crippen LogP) is 2.84. The molecule has 2 aromatic heterocycles. The fraction of sp³-hybridized carbons (Fsp3) is 0.333. The molecule has 1 amide bonds. The zero-order valence-corrected chi connectivity index (χ0v) is 11.4. The van der Waals surface area contributed by atoms with Crippen molar-refractivity contribution in [3.63, 3.8) is 0 Å². The van der Waals surface area contributed by atoms with Gasteiger partial charge >= 0.3 is 6.09 Å². The van der Waals surface area contributed by atoms with Crippen LogP contribution in [0.1, 0.15) is 17.7 Å². The third-order valence-electron chi connectivity index (χ3n) is 3.23. The van der Waals surface area contributed by atoms with Crippen LogP contribution in [0, 0.1) is 6.92 Å². The van der Waals surface area contributed by atoms with E-state index in [4.69, 9.17) is 0 Å². The molecular formula is C12H12BrN3O2. The van der Waals surface area contributed by atoms with Gasteiger partial charge in [0.2, 0.25) is 0 Å². The lowest BCUT2D eigenvalue weighted by molar-refractivity contribution is 0.201. The Morgan fingerprint density at radius 1 is 1.56 bits per heavy atom. The molecule has 2 aromatic rings. The first-order valence-electron chi connectivity index (χ1n) is 5.75. The van der Waals surface area contributed by atoms with Crippen LogP contribution < -0.4 is 4.90 Å². The van der Waals surface area contributed by atoms with Crippen LogP contribution in [0.2, 0.25) is 0 Å². The fourth-order valence-electron chi connectivity index (χ4n) is 2.35. The van der Waals surface area contributed by atoms with E-state index in [1.54, 1.807) is 0 Å². The third-order valence-corrected chi connectivity index (χ3v) is 4.06. The van der Waals surface area contributed by atoms with E-state index in [0.29, 0.717) is 12.4 Å². The van der Waals surface area contributed by atoms with Gasteiger partial charge in [-0.3, -0.25) is 9.30 Å². The molecule has 1 N–H and O–H groups in total. The smallest absolute Gasteiger partial charge is 0.413 e. The van der Waals surface area contributed by atoms with E-state index >= 15 is 0 Å². The third kappa shape index (κ3) is 1.59. The first-order valence-corrected chi connectivity index (χ1v) is 6.55. The highest BCUT2D eigenvalue weighted by Crippen LogP contribution is 2.30. The fourth-order valence-corrected chi connectivity index (χ4v) is 2.67. The van der Waals surface area contributed by atoms with Crippen molar-refractivity contribution in [3.8, 4) is 0 Å². The zero-order valence-electron chi connectivity index (χ0n) is 9.85. The largest absolute Gasteiger partial charge is 0.465 e. The molecule has 1 aliphatic rings. The Morgan fingerprint density at radius 3 is 3.06 bits per heavy atom. The number of anilines is 1. The molecule has 0 saturated carbocycles. The molecule has 0 unspecified atom stereocenters. The van der Waals surface area contributed by atoms with Crippen molar-refractivity contribution in [2.24, 2.45) is 0 Å². The predicted molar refractivity (Wildman–Crippen MR) is 71.3 cm³/mol.